The fourth-order valence-electron chi connectivity index (χ4n) is 1.13. The van der Waals surface area contributed by atoms with Crippen molar-refractivity contribution in [2.75, 3.05) is 13.2 Å². The van der Waals surface area contributed by atoms with Gasteiger partial charge in [-0.05, 0) is 15.9 Å². The predicted octanol–water partition coefficient (Wildman–Crippen LogP) is -1.82. The van der Waals surface area contributed by atoms with Crippen molar-refractivity contribution in [1.29, 1.82) is 0 Å². The summed E-state index contributed by atoms with van der Waals surface area (Å²) < 4.78 is 3.64. The molecular weight excluding hydrogens is 232 g/mol. The first-order valence-electron chi connectivity index (χ1n) is 3.49. The molecule has 0 aromatic carbocycles. The lowest BCUT2D eigenvalue weighted by atomic mass is 10.1. The minimum atomic E-state index is -1.35. The molecule has 1 aliphatic rings. The lowest BCUT2D eigenvalue weighted by molar-refractivity contribution is -0.0557. The smallest absolute Gasteiger partial charge is 0.174 e. The topological polar surface area (TPSA) is 90.2 Å². The average Bonchev–Trinajstić information content (AvgIpc) is 2.31. The van der Waals surface area contributed by atoms with Gasteiger partial charge in [-0.3, -0.25) is 0 Å². The Labute approximate surface area is 77.7 Å². The highest BCUT2D eigenvalue weighted by Crippen LogP contribution is 2.35. The monoisotopic (exact) mass is 242 g/mol. The van der Waals surface area contributed by atoms with Gasteiger partial charge in [0.2, 0.25) is 0 Å². The molecule has 0 aromatic rings. The van der Waals surface area contributed by atoms with Crippen LogP contribution in [0.3, 0.4) is 0 Å². The third-order valence-electron chi connectivity index (χ3n) is 1.89. The van der Waals surface area contributed by atoms with Crippen LogP contribution in [0.2, 0.25) is 0 Å². The van der Waals surface area contributed by atoms with Crippen LogP contribution >= 0.6 is 15.9 Å². The summed E-state index contributed by atoms with van der Waals surface area (Å²) >= 11 is 2.94. The lowest BCUT2D eigenvalue weighted by Gasteiger charge is -2.22. The Bertz CT molecular complexity index is 166. The van der Waals surface area contributed by atoms with E-state index in [1.54, 1.807) is 0 Å². The molecule has 0 spiro atoms. The second-order valence-electron chi connectivity index (χ2n) is 2.72. The van der Waals surface area contributed by atoms with Gasteiger partial charge in [0.05, 0.1) is 13.2 Å². The number of aliphatic hydroxyl groups excluding tert-OH is 4. The van der Waals surface area contributed by atoms with E-state index in [2.05, 4.69) is 15.9 Å². The fraction of sp³-hybridized carbons (Fsp3) is 1.00. The van der Waals surface area contributed by atoms with Crippen LogP contribution in [0.5, 0.6) is 0 Å². The first kappa shape index (κ1) is 10.4. The Morgan fingerprint density at radius 2 is 1.92 bits per heavy atom. The molecule has 1 unspecified atom stereocenters. The molecule has 1 heterocycles. The molecule has 1 aliphatic heterocycles. The minimum absolute atomic E-state index is 0.397. The van der Waals surface area contributed by atoms with Gasteiger partial charge in [0.1, 0.15) is 18.3 Å². The van der Waals surface area contributed by atoms with E-state index < -0.39 is 36.0 Å². The van der Waals surface area contributed by atoms with Crippen molar-refractivity contribution in [3.8, 4) is 0 Å². The molecule has 0 saturated carbocycles. The largest absolute Gasteiger partial charge is 0.394 e. The molecule has 0 amide bonds. The maximum atomic E-state index is 9.33. The highest BCUT2D eigenvalue weighted by molar-refractivity contribution is 9.10. The van der Waals surface area contributed by atoms with Gasteiger partial charge in [-0.1, -0.05) is 0 Å². The van der Waals surface area contributed by atoms with Crippen LogP contribution < -0.4 is 0 Å². The molecule has 1 saturated heterocycles. The van der Waals surface area contributed by atoms with E-state index in [-0.39, 0.29) is 0 Å². The Kier molecular flexibility index (Phi) is 3.08. The Morgan fingerprint density at radius 3 is 2.17 bits per heavy atom. The Morgan fingerprint density at radius 1 is 1.33 bits per heavy atom. The first-order chi connectivity index (χ1) is 5.55. The fourth-order valence-corrected chi connectivity index (χ4v) is 1.64. The van der Waals surface area contributed by atoms with E-state index in [0.29, 0.717) is 0 Å². The summed E-state index contributed by atoms with van der Waals surface area (Å²) in [5.74, 6) is 0. The summed E-state index contributed by atoms with van der Waals surface area (Å²) in [4.78, 5) is 0. The molecule has 1 rings (SSSR count). The highest BCUT2D eigenvalue weighted by Gasteiger charge is 2.52. The van der Waals surface area contributed by atoms with Crippen LogP contribution in [0.25, 0.3) is 0 Å². The number of aliphatic hydroxyl groups is 4. The molecular formula is C6H11BrO5. The molecule has 5 nitrogen and oxygen atoms in total. The Hall–Kier alpha value is 0.280. The van der Waals surface area contributed by atoms with Crippen LogP contribution in [-0.2, 0) is 4.74 Å². The zero-order chi connectivity index (χ0) is 9.35. The van der Waals surface area contributed by atoms with Gasteiger partial charge in [0.15, 0.2) is 4.51 Å². The molecule has 0 aromatic heterocycles. The van der Waals surface area contributed by atoms with Crippen molar-refractivity contribution in [1.82, 2.24) is 0 Å². The summed E-state index contributed by atoms with van der Waals surface area (Å²) in [6.07, 6.45) is -3.27. The summed E-state index contributed by atoms with van der Waals surface area (Å²) in [7, 11) is 0. The number of hydrogen-bond acceptors (Lipinski definition) is 5. The SMILES string of the molecule is OC[C@H]1OC(Br)(CO)[C@@H](O)[C@@H]1O. The van der Waals surface area contributed by atoms with E-state index in [4.69, 9.17) is 14.9 Å². The zero-order valence-corrected chi connectivity index (χ0v) is 7.81. The van der Waals surface area contributed by atoms with Gasteiger partial charge in [0.25, 0.3) is 0 Å². The van der Waals surface area contributed by atoms with Crippen LogP contribution in [0.15, 0.2) is 0 Å². The van der Waals surface area contributed by atoms with Crippen molar-refractivity contribution in [2.24, 2.45) is 0 Å². The summed E-state index contributed by atoms with van der Waals surface area (Å²) in [5.41, 5.74) is 0. The predicted molar refractivity (Wildman–Crippen MR) is 42.7 cm³/mol. The highest BCUT2D eigenvalue weighted by atomic mass is 79.9. The van der Waals surface area contributed by atoms with Gasteiger partial charge in [-0.15, -0.1) is 0 Å². The van der Waals surface area contributed by atoms with Gasteiger partial charge in [-0.25, -0.2) is 0 Å². The second-order valence-corrected chi connectivity index (χ2v) is 4.06. The van der Waals surface area contributed by atoms with Crippen molar-refractivity contribution in [3.63, 3.8) is 0 Å². The molecule has 1 fully saturated rings. The number of hydrogen-bond donors (Lipinski definition) is 4. The second kappa shape index (κ2) is 3.57. The molecule has 4 N–H and O–H groups in total. The van der Waals surface area contributed by atoms with Crippen molar-refractivity contribution in [3.05, 3.63) is 0 Å². The van der Waals surface area contributed by atoms with E-state index >= 15 is 0 Å². The van der Waals surface area contributed by atoms with E-state index in [9.17, 15) is 10.2 Å². The van der Waals surface area contributed by atoms with Gasteiger partial charge >= 0.3 is 0 Å². The van der Waals surface area contributed by atoms with Crippen LogP contribution in [0.1, 0.15) is 0 Å². The Balaban J connectivity index is 2.72. The first-order valence-corrected chi connectivity index (χ1v) is 4.29. The molecule has 0 bridgehead atoms. The van der Waals surface area contributed by atoms with Crippen LogP contribution in [0, 0.1) is 0 Å². The van der Waals surface area contributed by atoms with Crippen molar-refractivity contribution < 1.29 is 25.2 Å². The molecule has 72 valence electrons. The summed E-state index contributed by atoms with van der Waals surface area (Å²) in [6, 6.07) is 0. The number of alkyl halides is 1. The third kappa shape index (κ3) is 1.50. The molecule has 12 heavy (non-hydrogen) atoms. The maximum absolute atomic E-state index is 9.33. The molecule has 0 aliphatic carbocycles. The number of rotatable bonds is 2. The number of ether oxygens (including phenoxy) is 1. The van der Waals surface area contributed by atoms with E-state index in [1.807, 2.05) is 0 Å². The van der Waals surface area contributed by atoms with Gasteiger partial charge in [-0.2, -0.15) is 0 Å². The maximum Gasteiger partial charge on any atom is 0.174 e. The standard InChI is InChI=1S/C6H11BrO5/c7-6(2-9)5(11)4(10)3(1-8)12-6/h3-5,8-11H,1-2H2/t3-,4-,5+,6?/m1/s1. The van der Waals surface area contributed by atoms with Crippen LogP contribution in [-0.4, -0.2) is 56.5 Å². The molecule has 0 radical (unpaired) electrons. The summed E-state index contributed by atoms with van der Waals surface area (Å²) in [6.45, 7) is -0.868. The van der Waals surface area contributed by atoms with E-state index in [0.717, 1.165) is 0 Å². The number of halogens is 1. The lowest BCUT2D eigenvalue weighted by Crippen LogP contribution is -2.40. The quantitative estimate of drug-likeness (QED) is 0.429. The average molecular weight is 243 g/mol. The zero-order valence-electron chi connectivity index (χ0n) is 6.22. The van der Waals surface area contributed by atoms with Gasteiger partial charge < -0.3 is 25.2 Å². The normalized spacial score (nSPS) is 48.2. The van der Waals surface area contributed by atoms with Crippen molar-refractivity contribution in [2.45, 2.75) is 22.8 Å². The van der Waals surface area contributed by atoms with E-state index in [1.165, 1.54) is 0 Å². The third-order valence-corrected chi connectivity index (χ3v) is 2.80. The van der Waals surface area contributed by atoms with Gasteiger partial charge in [0, 0.05) is 0 Å². The molecule has 6 heteroatoms. The van der Waals surface area contributed by atoms with Crippen molar-refractivity contribution >= 4 is 15.9 Å². The van der Waals surface area contributed by atoms with Crippen LogP contribution in [0.4, 0.5) is 0 Å². The summed E-state index contributed by atoms with van der Waals surface area (Å²) in [5, 5.41) is 36.1. The minimum Gasteiger partial charge on any atom is -0.394 e. The molecule has 4 atom stereocenters.